The Bertz CT molecular complexity index is 1080. The van der Waals surface area contributed by atoms with Crippen LogP contribution in [-0.2, 0) is 22.7 Å². The molecule has 3 aromatic rings. The summed E-state index contributed by atoms with van der Waals surface area (Å²) in [7, 11) is -3.78. The lowest BCUT2D eigenvalue weighted by molar-refractivity contribution is -0.137. The normalized spacial score (nSPS) is 12.0. The van der Waals surface area contributed by atoms with Crippen molar-refractivity contribution in [1.29, 1.82) is 0 Å². The molecule has 6 nitrogen and oxygen atoms in total. The number of amides is 1. The van der Waals surface area contributed by atoms with Crippen LogP contribution in [0.2, 0.25) is 0 Å². The number of nitrogens with one attached hydrogen (secondary N) is 2. The van der Waals surface area contributed by atoms with Crippen molar-refractivity contribution < 1.29 is 30.8 Å². The van der Waals surface area contributed by atoms with Gasteiger partial charge in [-0.3, -0.25) is 4.79 Å². The summed E-state index contributed by atoms with van der Waals surface area (Å²) in [6.07, 6.45) is -3.06. The molecule has 2 N–H and O–H groups in total. The highest BCUT2D eigenvalue weighted by atomic mass is 32.2. The molecular formula is C19H15F3N2O4S. The molecule has 3 rings (SSSR count). The topological polar surface area (TPSA) is 88.4 Å². The van der Waals surface area contributed by atoms with E-state index in [9.17, 15) is 26.4 Å². The average molecular weight is 424 g/mol. The molecule has 10 heteroatoms. The molecule has 2 aromatic carbocycles. The molecule has 152 valence electrons. The van der Waals surface area contributed by atoms with Gasteiger partial charge < -0.3 is 9.73 Å². The van der Waals surface area contributed by atoms with Crippen LogP contribution in [0.4, 0.5) is 18.9 Å². The Balaban J connectivity index is 1.64. The van der Waals surface area contributed by atoms with Gasteiger partial charge in [0.2, 0.25) is 10.0 Å². The average Bonchev–Trinajstić information content (AvgIpc) is 3.20. The molecule has 0 saturated heterocycles. The third-order valence-electron chi connectivity index (χ3n) is 3.91. The predicted molar refractivity (Wildman–Crippen MR) is 98.6 cm³/mol. The lowest BCUT2D eigenvalue weighted by Crippen LogP contribution is -2.23. The molecule has 0 aliphatic heterocycles. The number of furan rings is 1. The molecule has 0 unspecified atom stereocenters. The first-order valence-electron chi connectivity index (χ1n) is 8.26. The van der Waals surface area contributed by atoms with Crippen molar-refractivity contribution in [3.63, 3.8) is 0 Å². The minimum atomic E-state index is -4.48. The standard InChI is InChI=1S/C19H15F3N2O4S/c20-19(21,22)14-5-3-13(4-6-14)18(25)24-15-7-9-17(10-8-15)29(26,27)23-12-16-2-1-11-28-16/h1-11,23H,12H2,(H,24,25). The van der Waals surface area contributed by atoms with Crippen LogP contribution in [0.1, 0.15) is 21.7 Å². The van der Waals surface area contributed by atoms with Crippen LogP contribution in [0.25, 0.3) is 0 Å². The van der Waals surface area contributed by atoms with Gasteiger partial charge in [0.05, 0.1) is 23.3 Å². The second kappa shape index (κ2) is 8.10. The molecule has 0 atom stereocenters. The van der Waals surface area contributed by atoms with E-state index in [-0.39, 0.29) is 17.0 Å². The third-order valence-corrected chi connectivity index (χ3v) is 5.33. The maximum Gasteiger partial charge on any atom is 0.416 e. The molecule has 0 spiro atoms. The number of carbonyl (C=O) groups excluding carboxylic acids is 1. The van der Waals surface area contributed by atoms with Crippen molar-refractivity contribution >= 4 is 21.6 Å². The zero-order valence-electron chi connectivity index (χ0n) is 14.7. The molecule has 0 aliphatic carbocycles. The minimum absolute atomic E-state index is 0.0122. The van der Waals surface area contributed by atoms with E-state index in [4.69, 9.17) is 4.42 Å². The largest absolute Gasteiger partial charge is 0.468 e. The predicted octanol–water partition coefficient (Wildman–Crippen LogP) is 4.03. The Hall–Kier alpha value is -3.11. The van der Waals surface area contributed by atoms with Gasteiger partial charge in [0, 0.05) is 11.3 Å². The first-order chi connectivity index (χ1) is 13.6. The molecular weight excluding hydrogens is 409 g/mol. The lowest BCUT2D eigenvalue weighted by atomic mass is 10.1. The molecule has 0 aliphatic rings. The summed E-state index contributed by atoms with van der Waals surface area (Å²) >= 11 is 0. The number of anilines is 1. The van der Waals surface area contributed by atoms with E-state index in [0.29, 0.717) is 11.4 Å². The molecule has 0 bridgehead atoms. The number of sulfonamides is 1. The van der Waals surface area contributed by atoms with E-state index in [1.54, 1.807) is 12.1 Å². The molecule has 0 saturated carbocycles. The van der Waals surface area contributed by atoms with E-state index in [1.165, 1.54) is 30.5 Å². The summed E-state index contributed by atoms with van der Waals surface area (Å²) in [5.74, 6) is -0.167. The highest BCUT2D eigenvalue weighted by Gasteiger charge is 2.30. The number of rotatable bonds is 6. The van der Waals surface area contributed by atoms with Crippen molar-refractivity contribution in [1.82, 2.24) is 4.72 Å². The summed E-state index contributed by atoms with van der Waals surface area (Å²) in [5.41, 5.74) is -0.527. The van der Waals surface area contributed by atoms with Crippen molar-refractivity contribution in [2.24, 2.45) is 0 Å². The van der Waals surface area contributed by atoms with Gasteiger partial charge in [-0.1, -0.05) is 0 Å². The SMILES string of the molecule is O=C(Nc1ccc(S(=O)(=O)NCc2ccco2)cc1)c1ccc(C(F)(F)F)cc1. The maximum atomic E-state index is 12.6. The number of benzene rings is 2. The maximum absolute atomic E-state index is 12.6. The fourth-order valence-corrected chi connectivity index (χ4v) is 3.39. The summed E-state index contributed by atoms with van der Waals surface area (Å²) in [6, 6.07) is 12.4. The van der Waals surface area contributed by atoms with E-state index in [0.717, 1.165) is 24.3 Å². The monoisotopic (exact) mass is 424 g/mol. The highest BCUT2D eigenvalue weighted by molar-refractivity contribution is 7.89. The van der Waals surface area contributed by atoms with Crippen molar-refractivity contribution in [3.05, 3.63) is 83.8 Å². The van der Waals surface area contributed by atoms with Gasteiger partial charge in [0.1, 0.15) is 5.76 Å². The molecule has 0 fully saturated rings. The molecule has 1 aromatic heterocycles. The lowest BCUT2D eigenvalue weighted by Gasteiger charge is -2.09. The highest BCUT2D eigenvalue weighted by Crippen LogP contribution is 2.29. The fourth-order valence-electron chi connectivity index (χ4n) is 2.39. The number of carbonyl (C=O) groups is 1. The minimum Gasteiger partial charge on any atom is -0.468 e. The van der Waals surface area contributed by atoms with Crippen molar-refractivity contribution in [2.45, 2.75) is 17.6 Å². The first kappa shape index (κ1) is 20.6. The number of halogens is 3. The quantitative estimate of drug-likeness (QED) is 0.625. The van der Waals surface area contributed by atoms with Crippen LogP contribution in [0.15, 0.2) is 76.2 Å². The summed E-state index contributed by atoms with van der Waals surface area (Å²) in [4.78, 5) is 12.1. The van der Waals surface area contributed by atoms with Gasteiger partial charge in [0.15, 0.2) is 0 Å². The summed E-state index contributed by atoms with van der Waals surface area (Å²) < 4.78 is 69.7. The Morgan fingerprint density at radius 3 is 2.17 bits per heavy atom. The van der Waals surface area contributed by atoms with Crippen molar-refractivity contribution in [2.75, 3.05) is 5.32 Å². The zero-order valence-corrected chi connectivity index (χ0v) is 15.5. The number of hydrogen-bond acceptors (Lipinski definition) is 4. The second-order valence-electron chi connectivity index (χ2n) is 5.96. The van der Waals surface area contributed by atoms with Gasteiger partial charge in [-0.15, -0.1) is 0 Å². The molecule has 29 heavy (non-hydrogen) atoms. The smallest absolute Gasteiger partial charge is 0.416 e. The van der Waals surface area contributed by atoms with Gasteiger partial charge in [-0.25, -0.2) is 13.1 Å². The van der Waals surface area contributed by atoms with E-state index < -0.39 is 27.7 Å². The molecule has 1 amide bonds. The van der Waals surface area contributed by atoms with E-state index in [2.05, 4.69) is 10.0 Å². The molecule has 0 radical (unpaired) electrons. The van der Waals surface area contributed by atoms with Crippen molar-refractivity contribution in [3.8, 4) is 0 Å². The first-order valence-corrected chi connectivity index (χ1v) is 9.74. The van der Waals surface area contributed by atoms with Crippen LogP contribution in [0.5, 0.6) is 0 Å². The van der Waals surface area contributed by atoms with Crippen LogP contribution in [0.3, 0.4) is 0 Å². The van der Waals surface area contributed by atoms with Gasteiger partial charge >= 0.3 is 6.18 Å². The van der Waals surface area contributed by atoms with Crippen LogP contribution < -0.4 is 10.0 Å². The van der Waals surface area contributed by atoms with Gasteiger partial charge in [0.25, 0.3) is 5.91 Å². The number of alkyl halides is 3. The van der Waals surface area contributed by atoms with Crippen LogP contribution in [-0.4, -0.2) is 14.3 Å². The fraction of sp³-hybridized carbons (Fsp3) is 0.105. The Morgan fingerprint density at radius 1 is 0.966 bits per heavy atom. The second-order valence-corrected chi connectivity index (χ2v) is 7.72. The number of hydrogen-bond donors (Lipinski definition) is 2. The van der Waals surface area contributed by atoms with Gasteiger partial charge in [-0.05, 0) is 60.7 Å². The van der Waals surface area contributed by atoms with Gasteiger partial charge in [-0.2, -0.15) is 13.2 Å². The van der Waals surface area contributed by atoms with E-state index >= 15 is 0 Å². The van der Waals surface area contributed by atoms with Crippen LogP contribution >= 0.6 is 0 Å². The van der Waals surface area contributed by atoms with Crippen LogP contribution in [0, 0.1) is 0 Å². The Labute approximate surface area is 164 Å². The van der Waals surface area contributed by atoms with E-state index in [1.807, 2.05) is 0 Å². The molecule has 1 heterocycles. The zero-order chi connectivity index (χ0) is 21.1. The summed E-state index contributed by atoms with van der Waals surface area (Å²) in [6.45, 7) is -0.0122. The third kappa shape index (κ3) is 5.24. The summed E-state index contributed by atoms with van der Waals surface area (Å²) in [5, 5.41) is 2.50. The Kier molecular flexibility index (Phi) is 5.76. The Morgan fingerprint density at radius 2 is 1.62 bits per heavy atom.